The summed E-state index contributed by atoms with van der Waals surface area (Å²) < 4.78 is 2.10. The van der Waals surface area contributed by atoms with Crippen molar-refractivity contribution < 1.29 is 0 Å². The number of benzene rings is 1. The maximum absolute atomic E-state index is 6.25. The minimum Gasteiger partial charge on any atom is -0.383 e. The van der Waals surface area contributed by atoms with E-state index in [1.165, 1.54) is 5.56 Å². The molecule has 0 amide bonds. The second-order valence-electron chi connectivity index (χ2n) is 5.21. The normalized spacial score (nSPS) is 11.2. The molecule has 1 aromatic heterocycles. The van der Waals surface area contributed by atoms with Gasteiger partial charge in [-0.15, -0.1) is 0 Å². The third-order valence-corrected chi connectivity index (χ3v) is 3.15. The molecule has 96 valence electrons. The van der Waals surface area contributed by atoms with E-state index in [1.807, 2.05) is 19.1 Å². The van der Waals surface area contributed by atoms with E-state index in [0.29, 0.717) is 5.92 Å². The Morgan fingerprint density at radius 2 is 1.89 bits per heavy atom. The third-order valence-electron chi connectivity index (χ3n) is 3.15. The van der Waals surface area contributed by atoms with Gasteiger partial charge in [-0.2, -0.15) is 0 Å². The lowest BCUT2D eigenvalue weighted by atomic mass is 10.1. The van der Waals surface area contributed by atoms with Crippen LogP contribution in [0.25, 0.3) is 11.3 Å². The Kier molecular flexibility index (Phi) is 3.41. The average molecular weight is 243 g/mol. The van der Waals surface area contributed by atoms with Crippen LogP contribution in [0.1, 0.15) is 25.2 Å². The van der Waals surface area contributed by atoms with Crippen molar-refractivity contribution in [3.05, 3.63) is 35.7 Å². The van der Waals surface area contributed by atoms with Gasteiger partial charge in [-0.1, -0.05) is 38.1 Å². The highest BCUT2D eigenvalue weighted by atomic mass is 15.1. The molecule has 0 bridgehead atoms. The highest BCUT2D eigenvalue weighted by molar-refractivity contribution is 5.73. The Bertz CT molecular complexity index is 553. The number of nitrogen functional groups attached to an aromatic ring is 1. The van der Waals surface area contributed by atoms with Crippen LogP contribution < -0.4 is 5.73 Å². The van der Waals surface area contributed by atoms with Crippen molar-refractivity contribution in [2.24, 2.45) is 5.92 Å². The third kappa shape index (κ3) is 2.26. The molecule has 0 atom stereocenters. The van der Waals surface area contributed by atoms with E-state index in [9.17, 15) is 0 Å². The van der Waals surface area contributed by atoms with E-state index in [2.05, 4.69) is 42.5 Å². The van der Waals surface area contributed by atoms with E-state index in [-0.39, 0.29) is 0 Å². The van der Waals surface area contributed by atoms with Crippen LogP contribution in [0.4, 0.5) is 5.82 Å². The largest absolute Gasteiger partial charge is 0.383 e. The summed E-state index contributed by atoms with van der Waals surface area (Å²) in [5, 5.41) is 0. The van der Waals surface area contributed by atoms with Gasteiger partial charge in [-0.25, -0.2) is 4.98 Å². The van der Waals surface area contributed by atoms with Gasteiger partial charge in [0, 0.05) is 12.1 Å². The Hall–Kier alpha value is -1.77. The fourth-order valence-electron chi connectivity index (χ4n) is 2.21. The van der Waals surface area contributed by atoms with Crippen molar-refractivity contribution in [3.63, 3.8) is 0 Å². The smallest absolute Gasteiger partial charge is 0.131 e. The summed E-state index contributed by atoms with van der Waals surface area (Å²) in [5.74, 6) is 2.32. The number of imidazole rings is 1. The molecule has 0 saturated carbocycles. The first-order chi connectivity index (χ1) is 8.50. The molecule has 0 unspecified atom stereocenters. The van der Waals surface area contributed by atoms with Crippen LogP contribution in [0.2, 0.25) is 0 Å². The molecule has 0 radical (unpaired) electrons. The van der Waals surface area contributed by atoms with Crippen molar-refractivity contribution in [1.82, 2.24) is 9.55 Å². The zero-order chi connectivity index (χ0) is 13.3. The number of hydrogen-bond acceptors (Lipinski definition) is 2. The standard InChI is InChI=1S/C15H21N3/c1-10(2)9-18-12(4)17-14(15(18)16)13-8-6-5-7-11(13)3/h5-8,10H,9,16H2,1-4H3. The van der Waals surface area contributed by atoms with E-state index in [4.69, 9.17) is 5.73 Å². The molecule has 3 heteroatoms. The van der Waals surface area contributed by atoms with Crippen molar-refractivity contribution in [1.29, 1.82) is 0 Å². The van der Waals surface area contributed by atoms with Crippen molar-refractivity contribution in [2.75, 3.05) is 5.73 Å². The highest BCUT2D eigenvalue weighted by Crippen LogP contribution is 2.29. The topological polar surface area (TPSA) is 43.8 Å². The fraction of sp³-hybridized carbons (Fsp3) is 0.400. The quantitative estimate of drug-likeness (QED) is 0.897. The van der Waals surface area contributed by atoms with E-state index in [1.54, 1.807) is 0 Å². The molecular formula is C15H21N3. The van der Waals surface area contributed by atoms with Gasteiger partial charge in [0.05, 0.1) is 0 Å². The number of rotatable bonds is 3. The van der Waals surface area contributed by atoms with E-state index in [0.717, 1.165) is 29.4 Å². The SMILES string of the molecule is Cc1ccccc1-c1nc(C)n(CC(C)C)c1N. The molecule has 0 fully saturated rings. The molecule has 0 aliphatic rings. The maximum Gasteiger partial charge on any atom is 0.131 e. The van der Waals surface area contributed by atoms with Gasteiger partial charge in [0.2, 0.25) is 0 Å². The summed E-state index contributed by atoms with van der Waals surface area (Å²) in [7, 11) is 0. The molecule has 1 heterocycles. The molecular weight excluding hydrogens is 222 g/mol. The lowest BCUT2D eigenvalue weighted by molar-refractivity contribution is 0.518. The molecule has 0 aliphatic carbocycles. The van der Waals surface area contributed by atoms with Gasteiger partial charge >= 0.3 is 0 Å². The zero-order valence-corrected chi connectivity index (χ0v) is 11.6. The number of anilines is 1. The maximum atomic E-state index is 6.25. The number of aromatic nitrogens is 2. The molecule has 2 rings (SSSR count). The fourth-order valence-corrected chi connectivity index (χ4v) is 2.21. The van der Waals surface area contributed by atoms with Gasteiger partial charge in [-0.3, -0.25) is 0 Å². The van der Waals surface area contributed by atoms with E-state index >= 15 is 0 Å². The Morgan fingerprint density at radius 3 is 2.50 bits per heavy atom. The van der Waals surface area contributed by atoms with Crippen LogP contribution >= 0.6 is 0 Å². The average Bonchev–Trinajstić information content (AvgIpc) is 2.57. The number of nitrogens with two attached hydrogens (primary N) is 1. The van der Waals surface area contributed by atoms with Gasteiger partial charge in [0.25, 0.3) is 0 Å². The van der Waals surface area contributed by atoms with Crippen molar-refractivity contribution in [2.45, 2.75) is 34.2 Å². The Labute approximate surface area is 109 Å². The zero-order valence-electron chi connectivity index (χ0n) is 11.6. The first-order valence-corrected chi connectivity index (χ1v) is 6.39. The first-order valence-electron chi connectivity index (χ1n) is 6.39. The van der Waals surface area contributed by atoms with Crippen LogP contribution in [-0.2, 0) is 6.54 Å². The van der Waals surface area contributed by atoms with Gasteiger partial charge < -0.3 is 10.3 Å². The van der Waals surface area contributed by atoms with Crippen molar-refractivity contribution >= 4 is 5.82 Å². The Balaban J connectivity index is 2.51. The molecule has 1 aromatic carbocycles. The number of aryl methyl sites for hydroxylation is 2. The molecule has 2 N–H and O–H groups in total. The second kappa shape index (κ2) is 4.84. The predicted molar refractivity (Wildman–Crippen MR) is 76.4 cm³/mol. The lowest BCUT2D eigenvalue weighted by Crippen LogP contribution is -2.09. The summed E-state index contributed by atoms with van der Waals surface area (Å²) >= 11 is 0. The Morgan fingerprint density at radius 1 is 1.22 bits per heavy atom. The summed E-state index contributed by atoms with van der Waals surface area (Å²) in [5.41, 5.74) is 9.49. The van der Waals surface area contributed by atoms with E-state index < -0.39 is 0 Å². The predicted octanol–water partition coefficient (Wildman–Crippen LogP) is 3.41. The second-order valence-corrected chi connectivity index (χ2v) is 5.21. The van der Waals surface area contributed by atoms with Crippen LogP contribution in [0.5, 0.6) is 0 Å². The minimum atomic E-state index is 0.560. The van der Waals surface area contributed by atoms with Gasteiger partial charge in [0.1, 0.15) is 17.3 Å². The molecule has 0 spiro atoms. The number of nitrogens with zero attached hydrogens (tertiary/aromatic N) is 2. The number of hydrogen-bond donors (Lipinski definition) is 1. The van der Waals surface area contributed by atoms with Gasteiger partial charge in [0.15, 0.2) is 0 Å². The van der Waals surface area contributed by atoms with Crippen LogP contribution in [-0.4, -0.2) is 9.55 Å². The lowest BCUT2D eigenvalue weighted by Gasteiger charge is -2.10. The van der Waals surface area contributed by atoms with Crippen LogP contribution in [0.3, 0.4) is 0 Å². The summed E-state index contributed by atoms with van der Waals surface area (Å²) in [6.45, 7) is 9.39. The van der Waals surface area contributed by atoms with Crippen LogP contribution in [0.15, 0.2) is 24.3 Å². The monoisotopic (exact) mass is 243 g/mol. The van der Waals surface area contributed by atoms with Crippen molar-refractivity contribution in [3.8, 4) is 11.3 Å². The minimum absolute atomic E-state index is 0.560. The molecule has 18 heavy (non-hydrogen) atoms. The summed E-state index contributed by atoms with van der Waals surface area (Å²) in [6.07, 6.45) is 0. The molecule has 0 saturated heterocycles. The summed E-state index contributed by atoms with van der Waals surface area (Å²) in [6, 6.07) is 8.23. The van der Waals surface area contributed by atoms with Crippen LogP contribution in [0, 0.1) is 19.8 Å². The molecule has 2 aromatic rings. The summed E-state index contributed by atoms with van der Waals surface area (Å²) in [4.78, 5) is 4.63. The van der Waals surface area contributed by atoms with Gasteiger partial charge in [-0.05, 0) is 25.3 Å². The molecule has 0 aliphatic heterocycles. The highest BCUT2D eigenvalue weighted by Gasteiger charge is 2.15. The molecule has 3 nitrogen and oxygen atoms in total. The first kappa shape index (κ1) is 12.7.